The fourth-order valence-electron chi connectivity index (χ4n) is 1.18. The fourth-order valence-corrected chi connectivity index (χ4v) is 1.18. The minimum absolute atomic E-state index is 0.669. The summed E-state index contributed by atoms with van der Waals surface area (Å²) >= 11 is 0. The zero-order valence-corrected chi connectivity index (χ0v) is 7.33. The minimum Gasteiger partial charge on any atom is -0.303 e. The molecule has 1 atom stereocenters. The summed E-state index contributed by atoms with van der Waals surface area (Å²) in [7, 11) is 3.91. The average Bonchev–Trinajstić information content (AvgIpc) is 2.03. The first-order valence-electron chi connectivity index (χ1n) is 4.15. The van der Waals surface area contributed by atoms with Gasteiger partial charge in [-0.15, -0.1) is 0 Å². The number of allylic oxidation sites excluding steroid dienone is 2. The maximum absolute atomic E-state index is 4.22. The second kappa shape index (κ2) is 4.16. The molecule has 0 bridgehead atoms. The Morgan fingerprint density at radius 1 is 1.45 bits per heavy atom. The van der Waals surface area contributed by atoms with Gasteiger partial charge in [-0.1, -0.05) is 12.2 Å². The van der Waals surface area contributed by atoms with Crippen LogP contribution in [0.25, 0.3) is 0 Å². The van der Waals surface area contributed by atoms with Crippen LogP contribution in [0, 0.1) is 5.92 Å². The molecule has 0 heterocycles. The Balaban J connectivity index is 2.31. The molecule has 0 spiro atoms. The zero-order valence-electron chi connectivity index (χ0n) is 7.33. The predicted molar refractivity (Wildman–Crippen MR) is 48.7 cm³/mol. The standard InChI is InChI=1S/C9H16N2/c1-11(2)10-8-9-6-4-3-5-7-9/h3-4,8-9H,5-7H2,1-2H3/b10-8-. The summed E-state index contributed by atoms with van der Waals surface area (Å²) in [5, 5.41) is 6.07. The molecule has 1 unspecified atom stereocenters. The third kappa shape index (κ3) is 3.21. The van der Waals surface area contributed by atoms with Crippen LogP contribution in [-0.2, 0) is 0 Å². The lowest BCUT2D eigenvalue weighted by Gasteiger charge is -2.13. The number of hydrogen-bond acceptors (Lipinski definition) is 2. The molecule has 0 amide bonds. The van der Waals surface area contributed by atoms with E-state index in [4.69, 9.17) is 0 Å². The Morgan fingerprint density at radius 3 is 2.82 bits per heavy atom. The van der Waals surface area contributed by atoms with E-state index in [1.807, 2.05) is 19.1 Å². The van der Waals surface area contributed by atoms with E-state index in [2.05, 4.69) is 23.5 Å². The van der Waals surface area contributed by atoms with Crippen LogP contribution in [0.4, 0.5) is 0 Å². The van der Waals surface area contributed by atoms with Gasteiger partial charge in [0, 0.05) is 20.3 Å². The molecule has 0 radical (unpaired) electrons. The van der Waals surface area contributed by atoms with Crippen molar-refractivity contribution in [3.63, 3.8) is 0 Å². The summed E-state index contributed by atoms with van der Waals surface area (Å²) in [5.41, 5.74) is 0. The molecule has 1 aliphatic carbocycles. The van der Waals surface area contributed by atoms with Gasteiger partial charge in [0.25, 0.3) is 0 Å². The maximum Gasteiger partial charge on any atom is 0.0279 e. The van der Waals surface area contributed by atoms with Gasteiger partial charge < -0.3 is 5.01 Å². The molecule has 0 aromatic heterocycles. The molecule has 0 fully saturated rings. The lowest BCUT2D eigenvalue weighted by Crippen LogP contribution is -2.08. The molecule has 0 aromatic rings. The lowest BCUT2D eigenvalue weighted by molar-refractivity contribution is 0.434. The van der Waals surface area contributed by atoms with Gasteiger partial charge in [0.05, 0.1) is 0 Å². The van der Waals surface area contributed by atoms with E-state index < -0.39 is 0 Å². The van der Waals surface area contributed by atoms with Crippen LogP contribution in [0.5, 0.6) is 0 Å². The summed E-state index contributed by atoms with van der Waals surface area (Å²) in [6.07, 6.45) is 10.2. The van der Waals surface area contributed by atoms with E-state index in [0.717, 1.165) is 6.42 Å². The largest absolute Gasteiger partial charge is 0.303 e. The van der Waals surface area contributed by atoms with Gasteiger partial charge in [0.2, 0.25) is 0 Å². The highest BCUT2D eigenvalue weighted by Crippen LogP contribution is 2.15. The van der Waals surface area contributed by atoms with Gasteiger partial charge in [-0.05, 0) is 25.2 Å². The highest BCUT2D eigenvalue weighted by Gasteiger charge is 2.05. The second-order valence-electron chi connectivity index (χ2n) is 3.16. The first kappa shape index (κ1) is 8.31. The second-order valence-corrected chi connectivity index (χ2v) is 3.16. The number of nitrogens with zero attached hydrogens (tertiary/aromatic N) is 2. The van der Waals surface area contributed by atoms with Gasteiger partial charge in [-0.25, -0.2) is 0 Å². The van der Waals surface area contributed by atoms with Crippen molar-refractivity contribution in [2.75, 3.05) is 14.1 Å². The third-order valence-corrected chi connectivity index (χ3v) is 1.82. The van der Waals surface area contributed by atoms with Crippen LogP contribution >= 0.6 is 0 Å². The number of rotatable bonds is 2. The van der Waals surface area contributed by atoms with Crippen LogP contribution in [0.1, 0.15) is 19.3 Å². The Labute approximate surface area is 68.6 Å². The van der Waals surface area contributed by atoms with Crippen molar-refractivity contribution in [2.45, 2.75) is 19.3 Å². The fraction of sp³-hybridized carbons (Fsp3) is 0.667. The van der Waals surface area contributed by atoms with Crippen molar-refractivity contribution in [2.24, 2.45) is 11.0 Å². The third-order valence-electron chi connectivity index (χ3n) is 1.82. The van der Waals surface area contributed by atoms with Gasteiger partial charge in [0.1, 0.15) is 0 Å². The highest BCUT2D eigenvalue weighted by atomic mass is 15.4. The Kier molecular flexibility index (Phi) is 3.14. The van der Waals surface area contributed by atoms with Gasteiger partial charge in [-0.3, -0.25) is 0 Å². The van der Waals surface area contributed by atoms with Gasteiger partial charge >= 0.3 is 0 Å². The first-order valence-corrected chi connectivity index (χ1v) is 4.15. The van der Waals surface area contributed by atoms with Crippen LogP contribution in [0.15, 0.2) is 17.3 Å². The van der Waals surface area contributed by atoms with Crippen LogP contribution in [0.2, 0.25) is 0 Å². The number of hydrogen-bond donors (Lipinski definition) is 0. The molecule has 11 heavy (non-hydrogen) atoms. The molecular weight excluding hydrogens is 136 g/mol. The highest BCUT2D eigenvalue weighted by molar-refractivity contribution is 5.60. The average molecular weight is 152 g/mol. The van der Waals surface area contributed by atoms with Gasteiger partial charge in [-0.2, -0.15) is 5.10 Å². The summed E-state index contributed by atoms with van der Waals surface area (Å²) in [4.78, 5) is 0. The molecule has 0 saturated heterocycles. The van der Waals surface area contributed by atoms with Crippen molar-refractivity contribution in [1.29, 1.82) is 0 Å². The Morgan fingerprint density at radius 2 is 2.27 bits per heavy atom. The van der Waals surface area contributed by atoms with E-state index in [-0.39, 0.29) is 0 Å². The predicted octanol–water partition coefficient (Wildman–Crippen LogP) is 1.89. The van der Waals surface area contributed by atoms with Crippen molar-refractivity contribution in [3.05, 3.63) is 12.2 Å². The van der Waals surface area contributed by atoms with E-state index in [9.17, 15) is 0 Å². The van der Waals surface area contributed by atoms with E-state index in [1.165, 1.54) is 12.8 Å². The number of hydrazone groups is 1. The molecule has 0 N–H and O–H groups in total. The molecule has 2 nitrogen and oxygen atoms in total. The molecule has 1 aliphatic rings. The normalized spacial score (nSPS) is 24.4. The smallest absolute Gasteiger partial charge is 0.0279 e. The summed E-state index contributed by atoms with van der Waals surface area (Å²) in [6.45, 7) is 0. The quantitative estimate of drug-likeness (QED) is 0.335. The first-order chi connectivity index (χ1) is 5.29. The van der Waals surface area contributed by atoms with E-state index in [0.29, 0.717) is 5.92 Å². The molecule has 1 rings (SSSR count). The van der Waals surface area contributed by atoms with Crippen LogP contribution in [-0.4, -0.2) is 25.3 Å². The van der Waals surface area contributed by atoms with Crippen molar-refractivity contribution in [1.82, 2.24) is 5.01 Å². The molecular formula is C9H16N2. The molecule has 0 aliphatic heterocycles. The summed E-state index contributed by atoms with van der Waals surface area (Å²) in [6, 6.07) is 0. The van der Waals surface area contributed by atoms with Gasteiger partial charge in [0.15, 0.2) is 0 Å². The van der Waals surface area contributed by atoms with Crippen molar-refractivity contribution >= 4 is 6.21 Å². The molecule has 0 aromatic carbocycles. The monoisotopic (exact) mass is 152 g/mol. The summed E-state index contributed by atoms with van der Waals surface area (Å²) < 4.78 is 0. The van der Waals surface area contributed by atoms with Crippen LogP contribution < -0.4 is 0 Å². The zero-order chi connectivity index (χ0) is 8.10. The van der Waals surface area contributed by atoms with Crippen molar-refractivity contribution in [3.8, 4) is 0 Å². The molecule has 2 heteroatoms. The van der Waals surface area contributed by atoms with Crippen LogP contribution in [0.3, 0.4) is 0 Å². The molecule has 62 valence electrons. The SMILES string of the molecule is CN(C)/N=C\C1CC=CCC1. The maximum atomic E-state index is 4.22. The summed E-state index contributed by atoms with van der Waals surface area (Å²) in [5.74, 6) is 0.669. The molecule has 0 saturated carbocycles. The lowest BCUT2D eigenvalue weighted by atomic mass is 9.96. The minimum atomic E-state index is 0.669. The van der Waals surface area contributed by atoms with Crippen molar-refractivity contribution < 1.29 is 0 Å². The Hall–Kier alpha value is -0.790. The Bertz CT molecular complexity index is 159. The topological polar surface area (TPSA) is 15.6 Å². The van der Waals surface area contributed by atoms with E-state index >= 15 is 0 Å². The van der Waals surface area contributed by atoms with E-state index in [1.54, 1.807) is 0 Å².